The van der Waals surface area contributed by atoms with E-state index in [9.17, 15) is 14.7 Å². The molecule has 0 spiro atoms. The number of anilines is 1. The van der Waals surface area contributed by atoms with Crippen LogP contribution in [-0.4, -0.2) is 48.9 Å². The molecule has 4 rings (SSSR count). The fourth-order valence-corrected chi connectivity index (χ4v) is 4.08. The van der Waals surface area contributed by atoms with Gasteiger partial charge in [-0.3, -0.25) is 4.79 Å². The van der Waals surface area contributed by atoms with E-state index in [0.29, 0.717) is 22.7 Å². The Morgan fingerprint density at radius 2 is 2.07 bits per heavy atom. The van der Waals surface area contributed by atoms with Crippen molar-refractivity contribution < 1.29 is 14.6 Å². The van der Waals surface area contributed by atoms with E-state index in [2.05, 4.69) is 10.2 Å². The quantitative estimate of drug-likeness (QED) is 0.839. The Balaban J connectivity index is 1.93. The van der Waals surface area contributed by atoms with Gasteiger partial charge in [0, 0.05) is 31.4 Å². The number of aromatic carboxylic acids is 1. The van der Waals surface area contributed by atoms with E-state index >= 15 is 0 Å². The van der Waals surface area contributed by atoms with Crippen LogP contribution < -0.4 is 20.4 Å². The van der Waals surface area contributed by atoms with Crippen LogP contribution in [0.2, 0.25) is 0 Å². The molecule has 2 fully saturated rings. The summed E-state index contributed by atoms with van der Waals surface area (Å²) in [6, 6.07) is 4.29. The third-order valence-corrected chi connectivity index (χ3v) is 5.67. The van der Waals surface area contributed by atoms with Gasteiger partial charge in [-0.05, 0) is 44.9 Å². The molecule has 1 aliphatic heterocycles. The van der Waals surface area contributed by atoms with Crippen molar-refractivity contribution >= 4 is 22.6 Å². The van der Waals surface area contributed by atoms with Crippen LogP contribution in [-0.2, 0) is 0 Å². The van der Waals surface area contributed by atoms with Crippen molar-refractivity contribution in [1.29, 1.82) is 0 Å². The fraction of sp³-hybridized carbons (Fsp3) is 0.500. The van der Waals surface area contributed by atoms with Gasteiger partial charge in [0.15, 0.2) is 5.75 Å². The zero-order valence-corrected chi connectivity index (χ0v) is 15.7. The second-order valence-electron chi connectivity index (χ2n) is 7.40. The lowest BCUT2D eigenvalue weighted by Crippen LogP contribution is -2.44. The number of aromatic nitrogens is 1. The van der Waals surface area contributed by atoms with Crippen molar-refractivity contribution in [1.82, 2.24) is 9.88 Å². The van der Waals surface area contributed by atoms with Crippen molar-refractivity contribution in [2.24, 2.45) is 0 Å². The molecule has 1 aromatic carbocycles. The van der Waals surface area contributed by atoms with Crippen LogP contribution in [0, 0.1) is 0 Å². The van der Waals surface area contributed by atoms with Crippen LogP contribution in [0.15, 0.2) is 23.1 Å². The SMILES string of the molecule is CN[C@H]1CCCN(c2ccc3c(=O)c(C(=O)O)cn(C4CC4)c3c2OC)C1. The number of hydrogen-bond donors (Lipinski definition) is 2. The number of rotatable bonds is 5. The predicted octanol–water partition coefficient (Wildman–Crippen LogP) is 2.23. The third kappa shape index (κ3) is 3.06. The first kappa shape index (κ1) is 17.9. The van der Waals surface area contributed by atoms with E-state index in [1.54, 1.807) is 13.2 Å². The van der Waals surface area contributed by atoms with Crippen LogP contribution in [0.1, 0.15) is 42.1 Å². The summed E-state index contributed by atoms with van der Waals surface area (Å²) < 4.78 is 7.72. The van der Waals surface area contributed by atoms with E-state index in [0.717, 1.165) is 44.5 Å². The number of fused-ring (bicyclic) bond motifs is 1. The lowest BCUT2D eigenvalue weighted by Gasteiger charge is -2.35. The second kappa shape index (κ2) is 6.88. The molecular weight excluding hydrogens is 346 g/mol. The van der Waals surface area contributed by atoms with Gasteiger partial charge in [0.1, 0.15) is 5.56 Å². The largest absolute Gasteiger partial charge is 0.492 e. The molecule has 1 atom stereocenters. The number of carboxylic acid groups (broad SMARTS) is 1. The maximum atomic E-state index is 12.7. The smallest absolute Gasteiger partial charge is 0.341 e. The molecule has 27 heavy (non-hydrogen) atoms. The number of methoxy groups -OCH3 is 1. The summed E-state index contributed by atoms with van der Waals surface area (Å²) in [5, 5.41) is 13.2. The molecule has 2 heterocycles. The molecule has 7 nitrogen and oxygen atoms in total. The number of hydrogen-bond acceptors (Lipinski definition) is 5. The number of benzene rings is 1. The van der Waals surface area contributed by atoms with E-state index in [1.165, 1.54) is 6.20 Å². The van der Waals surface area contributed by atoms with E-state index in [4.69, 9.17) is 4.74 Å². The molecule has 1 aliphatic carbocycles. The summed E-state index contributed by atoms with van der Waals surface area (Å²) in [6.07, 6.45) is 5.67. The molecule has 0 bridgehead atoms. The van der Waals surface area contributed by atoms with E-state index in [1.807, 2.05) is 17.7 Å². The first-order valence-corrected chi connectivity index (χ1v) is 9.46. The molecule has 0 unspecified atom stereocenters. The van der Waals surface area contributed by atoms with Gasteiger partial charge in [-0.2, -0.15) is 0 Å². The first-order valence-electron chi connectivity index (χ1n) is 9.46. The average Bonchev–Trinajstić information content (AvgIpc) is 3.52. The Morgan fingerprint density at radius 3 is 2.70 bits per heavy atom. The summed E-state index contributed by atoms with van der Waals surface area (Å²) in [5.41, 5.74) is 1.03. The van der Waals surface area contributed by atoms with Crippen LogP contribution in [0.5, 0.6) is 5.75 Å². The van der Waals surface area contributed by atoms with Crippen molar-refractivity contribution in [2.75, 3.05) is 32.1 Å². The predicted molar refractivity (Wildman–Crippen MR) is 104 cm³/mol. The summed E-state index contributed by atoms with van der Waals surface area (Å²) in [6.45, 7) is 1.81. The average molecular weight is 371 g/mol. The number of pyridine rings is 1. The molecular formula is C20H25N3O4. The van der Waals surface area contributed by atoms with Gasteiger partial charge >= 0.3 is 5.97 Å². The molecule has 0 amide bonds. The van der Waals surface area contributed by atoms with Gasteiger partial charge in [-0.25, -0.2) is 4.79 Å². The molecule has 1 aromatic heterocycles. The Hall–Kier alpha value is -2.54. The monoisotopic (exact) mass is 371 g/mol. The first-order chi connectivity index (χ1) is 13.0. The zero-order chi connectivity index (χ0) is 19.1. The highest BCUT2D eigenvalue weighted by molar-refractivity contribution is 5.97. The number of carboxylic acids is 1. The van der Waals surface area contributed by atoms with Gasteiger partial charge in [-0.1, -0.05) is 0 Å². The minimum absolute atomic E-state index is 0.183. The van der Waals surface area contributed by atoms with Crippen molar-refractivity contribution in [2.45, 2.75) is 37.8 Å². The maximum absolute atomic E-state index is 12.7. The number of ether oxygens (including phenoxy) is 1. The highest BCUT2D eigenvalue weighted by atomic mass is 16.5. The number of likely N-dealkylation sites (N-methyl/N-ethyl adjacent to an activating group) is 1. The maximum Gasteiger partial charge on any atom is 0.341 e. The molecule has 1 saturated heterocycles. The normalized spacial score (nSPS) is 20.1. The standard InChI is InChI=1S/C20H25N3O4/c1-21-12-4-3-9-22(10-12)16-8-7-14-17(19(16)27-2)23(13-5-6-13)11-15(18(14)24)20(25)26/h7-8,11-13,21H,3-6,9-10H2,1-2H3,(H,25,26)/t12-/m0/s1. The lowest BCUT2D eigenvalue weighted by atomic mass is 10.0. The van der Waals surface area contributed by atoms with Crippen LogP contribution in [0.4, 0.5) is 5.69 Å². The van der Waals surface area contributed by atoms with E-state index in [-0.39, 0.29) is 11.6 Å². The zero-order valence-electron chi connectivity index (χ0n) is 15.7. The van der Waals surface area contributed by atoms with Crippen LogP contribution >= 0.6 is 0 Å². The topological polar surface area (TPSA) is 83.8 Å². The van der Waals surface area contributed by atoms with Crippen molar-refractivity contribution in [3.63, 3.8) is 0 Å². The Morgan fingerprint density at radius 1 is 1.30 bits per heavy atom. The second-order valence-corrected chi connectivity index (χ2v) is 7.40. The summed E-state index contributed by atoms with van der Waals surface area (Å²) >= 11 is 0. The Labute approximate surface area is 157 Å². The molecule has 144 valence electrons. The third-order valence-electron chi connectivity index (χ3n) is 5.67. The minimum atomic E-state index is -1.19. The highest BCUT2D eigenvalue weighted by Crippen LogP contribution is 2.42. The van der Waals surface area contributed by atoms with Gasteiger partial charge < -0.3 is 24.6 Å². The van der Waals surface area contributed by atoms with Gasteiger partial charge in [0.05, 0.1) is 23.7 Å². The number of nitrogens with one attached hydrogen (secondary N) is 1. The molecule has 2 N–H and O–H groups in total. The number of carbonyl (C=O) groups is 1. The Kier molecular flexibility index (Phi) is 4.55. The van der Waals surface area contributed by atoms with Crippen LogP contribution in [0.25, 0.3) is 10.9 Å². The van der Waals surface area contributed by atoms with E-state index < -0.39 is 11.4 Å². The lowest BCUT2D eigenvalue weighted by molar-refractivity contribution is 0.0695. The summed E-state index contributed by atoms with van der Waals surface area (Å²) in [4.78, 5) is 26.6. The van der Waals surface area contributed by atoms with Crippen molar-refractivity contribution in [3.05, 3.63) is 34.1 Å². The summed E-state index contributed by atoms with van der Waals surface area (Å²) in [5.74, 6) is -0.530. The van der Waals surface area contributed by atoms with Gasteiger partial charge in [0.2, 0.25) is 5.43 Å². The van der Waals surface area contributed by atoms with Crippen molar-refractivity contribution in [3.8, 4) is 5.75 Å². The summed E-state index contributed by atoms with van der Waals surface area (Å²) in [7, 11) is 3.59. The molecule has 7 heteroatoms. The minimum Gasteiger partial charge on any atom is -0.492 e. The Bertz CT molecular complexity index is 948. The molecule has 2 aliphatic rings. The van der Waals surface area contributed by atoms with Gasteiger partial charge in [0.25, 0.3) is 0 Å². The fourth-order valence-electron chi connectivity index (χ4n) is 4.08. The number of piperidine rings is 1. The van der Waals surface area contributed by atoms with Gasteiger partial charge in [-0.15, -0.1) is 0 Å². The molecule has 2 aromatic rings. The highest BCUT2D eigenvalue weighted by Gasteiger charge is 2.30. The molecule has 0 radical (unpaired) electrons. The molecule has 1 saturated carbocycles. The van der Waals surface area contributed by atoms with Crippen LogP contribution in [0.3, 0.4) is 0 Å². The number of nitrogens with zero attached hydrogens (tertiary/aromatic N) is 2.